The molecular weight excluding hydrogens is 283 g/mol. The first-order valence-corrected chi connectivity index (χ1v) is 7.32. The van der Waals surface area contributed by atoms with Gasteiger partial charge in [-0.15, -0.1) is 0 Å². The topological polar surface area (TPSA) is 0 Å². The second-order valence-electron chi connectivity index (χ2n) is 3.54. The molecule has 0 saturated heterocycles. The van der Waals surface area contributed by atoms with E-state index in [9.17, 15) is 0 Å². The number of alkyl halides is 1. The Kier molecular flexibility index (Phi) is 13.4. The van der Waals surface area contributed by atoms with Crippen LogP contribution in [0.15, 0.2) is 24.3 Å². The van der Waals surface area contributed by atoms with Crippen molar-refractivity contribution in [3.05, 3.63) is 24.3 Å². The fraction of sp³-hybridized carbons (Fsp3) is 0.692. The molecule has 0 aliphatic heterocycles. The molecule has 0 amide bonds. The molecule has 82 valence electrons. The van der Waals surface area contributed by atoms with Crippen molar-refractivity contribution < 1.29 is 0 Å². The van der Waals surface area contributed by atoms with Crippen molar-refractivity contribution in [1.29, 1.82) is 0 Å². The van der Waals surface area contributed by atoms with E-state index in [1.807, 2.05) is 0 Å². The number of hydrogen-bond acceptors (Lipinski definition) is 0. The number of unbranched alkanes of at least 4 members (excludes halogenated alkanes) is 5. The molecule has 1 heteroatoms. The molecule has 0 saturated carbocycles. The minimum atomic E-state index is 1.23. The molecule has 0 unspecified atom stereocenters. The van der Waals surface area contributed by atoms with Gasteiger partial charge in [0.05, 0.1) is 0 Å². The minimum absolute atomic E-state index is 1.23. The lowest BCUT2D eigenvalue weighted by atomic mass is 10.2. The molecule has 0 aromatic rings. The summed E-state index contributed by atoms with van der Waals surface area (Å²) < 4.78 is 1.30. The van der Waals surface area contributed by atoms with Crippen LogP contribution in [-0.4, -0.2) is 4.43 Å². The second-order valence-corrected chi connectivity index (χ2v) is 4.62. The predicted octanol–water partition coefficient (Wildman–Crippen LogP) is 5.28. The van der Waals surface area contributed by atoms with Crippen molar-refractivity contribution in [3.8, 4) is 0 Å². The first-order valence-electron chi connectivity index (χ1n) is 5.79. The number of hydrogen-bond donors (Lipinski definition) is 0. The Labute approximate surface area is 103 Å². The summed E-state index contributed by atoms with van der Waals surface area (Å²) in [5.74, 6) is 0. The lowest BCUT2D eigenvalue weighted by Gasteiger charge is -1.92. The lowest BCUT2D eigenvalue weighted by molar-refractivity contribution is 0.739. The van der Waals surface area contributed by atoms with Crippen LogP contribution in [0.1, 0.15) is 51.9 Å². The van der Waals surface area contributed by atoms with E-state index in [-0.39, 0.29) is 0 Å². The molecule has 0 radical (unpaired) electrons. The van der Waals surface area contributed by atoms with Gasteiger partial charge in [-0.3, -0.25) is 0 Å². The van der Waals surface area contributed by atoms with E-state index in [0.29, 0.717) is 0 Å². The van der Waals surface area contributed by atoms with Crippen LogP contribution >= 0.6 is 22.6 Å². The number of halogens is 1. The van der Waals surface area contributed by atoms with Gasteiger partial charge in [-0.2, -0.15) is 0 Å². The van der Waals surface area contributed by atoms with Crippen LogP contribution in [0.2, 0.25) is 0 Å². The Morgan fingerprint density at radius 1 is 0.857 bits per heavy atom. The first kappa shape index (κ1) is 14.2. The normalized spacial score (nSPS) is 11.9. The third-order valence-electron chi connectivity index (χ3n) is 2.11. The smallest absolute Gasteiger partial charge is 0.000473 e. The van der Waals surface area contributed by atoms with Gasteiger partial charge in [0.15, 0.2) is 0 Å². The maximum Gasteiger partial charge on any atom is -0.000473 e. The van der Waals surface area contributed by atoms with Crippen molar-refractivity contribution in [2.24, 2.45) is 0 Å². The molecule has 0 bridgehead atoms. The summed E-state index contributed by atoms with van der Waals surface area (Å²) in [6.07, 6.45) is 18.1. The molecule has 0 N–H and O–H groups in total. The van der Waals surface area contributed by atoms with Gasteiger partial charge in [0.1, 0.15) is 0 Å². The zero-order chi connectivity index (χ0) is 10.5. The molecule has 14 heavy (non-hydrogen) atoms. The Morgan fingerprint density at radius 3 is 2.07 bits per heavy atom. The summed E-state index contributed by atoms with van der Waals surface area (Å²) in [6.45, 7) is 2.23. The Morgan fingerprint density at radius 2 is 1.50 bits per heavy atom. The third kappa shape index (κ3) is 12.2. The van der Waals surface area contributed by atoms with Gasteiger partial charge in [-0.1, -0.05) is 73.1 Å². The molecule has 0 aliphatic carbocycles. The van der Waals surface area contributed by atoms with Crippen LogP contribution in [0.4, 0.5) is 0 Å². The molecule has 0 spiro atoms. The van der Waals surface area contributed by atoms with Gasteiger partial charge in [0.2, 0.25) is 0 Å². The van der Waals surface area contributed by atoms with E-state index in [4.69, 9.17) is 0 Å². The summed E-state index contributed by atoms with van der Waals surface area (Å²) >= 11 is 2.45. The summed E-state index contributed by atoms with van der Waals surface area (Å²) in [6, 6.07) is 0. The van der Waals surface area contributed by atoms with Crippen LogP contribution in [-0.2, 0) is 0 Å². The molecule has 0 nitrogen and oxygen atoms in total. The molecule has 0 atom stereocenters. The fourth-order valence-corrected chi connectivity index (χ4v) is 1.74. The zero-order valence-corrected chi connectivity index (χ0v) is 11.5. The van der Waals surface area contributed by atoms with Crippen molar-refractivity contribution in [2.75, 3.05) is 4.43 Å². The minimum Gasteiger partial charge on any atom is -0.0864 e. The Hall–Kier alpha value is 0.210. The predicted molar refractivity (Wildman–Crippen MR) is 75.2 cm³/mol. The number of allylic oxidation sites excluding steroid dienone is 4. The Bertz CT molecular complexity index is 147. The van der Waals surface area contributed by atoms with E-state index >= 15 is 0 Å². The highest BCUT2D eigenvalue weighted by Crippen LogP contribution is 2.03. The van der Waals surface area contributed by atoms with Gasteiger partial charge < -0.3 is 0 Å². The van der Waals surface area contributed by atoms with E-state index in [2.05, 4.69) is 53.8 Å². The maximum absolute atomic E-state index is 2.45. The van der Waals surface area contributed by atoms with Crippen LogP contribution in [0.5, 0.6) is 0 Å². The SMILES string of the molecule is CCCC/C=C\C=C/CCCCCI. The van der Waals surface area contributed by atoms with Gasteiger partial charge >= 0.3 is 0 Å². The third-order valence-corrected chi connectivity index (χ3v) is 2.87. The average molecular weight is 306 g/mol. The van der Waals surface area contributed by atoms with E-state index in [1.54, 1.807) is 0 Å². The molecule has 0 rings (SSSR count). The highest BCUT2D eigenvalue weighted by molar-refractivity contribution is 14.1. The van der Waals surface area contributed by atoms with Gasteiger partial charge in [-0.05, 0) is 30.1 Å². The van der Waals surface area contributed by atoms with Crippen molar-refractivity contribution in [3.63, 3.8) is 0 Å². The van der Waals surface area contributed by atoms with Crippen LogP contribution in [0.25, 0.3) is 0 Å². The van der Waals surface area contributed by atoms with E-state index < -0.39 is 0 Å². The first-order chi connectivity index (χ1) is 6.91. The molecule has 0 aromatic heterocycles. The molecular formula is C13H23I. The second kappa shape index (κ2) is 13.2. The van der Waals surface area contributed by atoms with Crippen molar-refractivity contribution in [1.82, 2.24) is 0 Å². The van der Waals surface area contributed by atoms with E-state index in [0.717, 1.165) is 0 Å². The van der Waals surface area contributed by atoms with Crippen LogP contribution in [0.3, 0.4) is 0 Å². The zero-order valence-electron chi connectivity index (χ0n) is 9.34. The Balaban J connectivity index is 3.14. The highest BCUT2D eigenvalue weighted by atomic mass is 127. The van der Waals surface area contributed by atoms with Crippen molar-refractivity contribution in [2.45, 2.75) is 51.9 Å². The quantitative estimate of drug-likeness (QED) is 0.235. The summed E-state index contributed by atoms with van der Waals surface area (Å²) in [7, 11) is 0. The standard InChI is InChI=1S/C13H23I/c1-2-3-4-5-6-7-8-9-10-11-12-13-14/h5-8H,2-4,9-13H2,1H3/b6-5-,8-7-. The summed E-state index contributed by atoms with van der Waals surface area (Å²) in [4.78, 5) is 0. The fourth-order valence-electron chi connectivity index (χ4n) is 1.21. The van der Waals surface area contributed by atoms with Gasteiger partial charge in [0.25, 0.3) is 0 Å². The van der Waals surface area contributed by atoms with Gasteiger partial charge in [-0.25, -0.2) is 0 Å². The molecule has 0 heterocycles. The van der Waals surface area contributed by atoms with Crippen LogP contribution < -0.4 is 0 Å². The summed E-state index contributed by atoms with van der Waals surface area (Å²) in [5, 5.41) is 0. The molecule has 0 aromatic carbocycles. The highest BCUT2D eigenvalue weighted by Gasteiger charge is 1.83. The van der Waals surface area contributed by atoms with Crippen LogP contribution in [0, 0.1) is 0 Å². The van der Waals surface area contributed by atoms with Crippen molar-refractivity contribution >= 4 is 22.6 Å². The molecule has 0 fully saturated rings. The molecule has 0 aliphatic rings. The van der Waals surface area contributed by atoms with Gasteiger partial charge in [0, 0.05) is 0 Å². The largest absolute Gasteiger partial charge is 0.0864 e. The van der Waals surface area contributed by atoms with E-state index in [1.165, 1.54) is 49.4 Å². The monoisotopic (exact) mass is 306 g/mol. The lowest BCUT2D eigenvalue weighted by Crippen LogP contribution is -1.75. The maximum atomic E-state index is 2.45. The number of rotatable bonds is 9. The summed E-state index contributed by atoms with van der Waals surface area (Å²) in [5.41, 5.74) is 0. The average Bonchev–Trinajstić information content (AvgIpc) is 2.21.